The van der Waals surface area contributed by atoms with Crippen molar-refractivity contribution in [2.75, 3.05) is 13.7 Å². The number of hydrogen-bond acceptors (Lipinski definition) is 3. The second-order valence-corrected chi connectivity index (χ2v) is 1.89. The van der Waals surface area contributed by atoms with Crippen LogP contribution in [0.1, 0.15) is 6.92 Å². The molecule has 9 heavy (non-hydrogen) atoms. The van der Waals surface area contributed by atoms with Crippen molar-refractivity contribution >= 4 is 5.90 Å². The molecule has 0 aromatic carbocycles. The molecule has 3 nitrogen and oxygen atoms in total. The maximum Gasteiger partial charge on any atom is 0.250 e. The van der Waals surface area contributed by atoms with Crippen molar-refractivity contribution in [3.63, 3.8) is 0 Å². The standard InChI is InChI=1S/C6H9NO2/c1-5-3-6(7-8-2)9-4-5/h3H,4H2,1-2H3/b7-6-. The highest BCUT2D eigenvalue weighted by molar-refractivity contribution is 5.89. The fraction of sp³-hybridized carbons (Fsp3) is 0.500. The summed E-state index contributed by atoms with van der Waals surface area (Å²) in [5, 5.41) is 3.59. The van der Waals surface area contributed by atoms with Gasteiger partial charge in [-0.1, -0.05) is 0 Å². The normalized spacial score (nSPS) is 21.6. The van der Waals surface area contributed by atoms with Crippen molar-refractivity contribution in [1.82, 2.24) is 0 Å². The van der Waals surface area contributed by atoms with E-state index in [0.29, 0.717) is 12.5 Å². The molecule has 0 spiro atoms. The van der Waals surface area contributed by atoms with E-state index in [1.165, 1.54) is 12.7 Å². The predicted octanol–water partition coefficient (Wildman–Crippen LogP) is 0.923. The van der Waals surface area contributed by atoms with Crippen molar-refractivity contribution in [1.29, 1.82) is 0 Å². The summed E-state index contributed by atoms with van der Waals surface area (Å²) in [5.74, 6) is 0.565. The molecule has 1 heterocycles. The van der Waals surface area contributed by atoms with Crippen LogP contribution in [0.2, 0.25) is 0 Å². The van der Waals surface area contributed by atoms with Gasteiger partial charge in [0, 0.05) is 6.08 Å². The summed E-state index contributed by atoms with van der Waals surface area (Å²) >= 11 is 0. The summed E-state index contributed by atoms with van der Waals surface area (Å²) in [6.45, 7) is 2.63. The van der Waals surface area contributed by atoms with E-state index in [4.69, 9.17) is 4.74 Å². The average Bonchev–Trinajstić information content (AvgIpc) is 2.17. The molecule has 50 valence electrons. The minimum absolute atomic E-state index is 0.565. The quantitative estimate of drug-likeness (QED) is 0.490. The van der Waals surface area contributed by atoms with Crippen LogP contribution in [-0.4, -0.2) is 19.6 Å². The summed E-state index contributed by atoms with van der Waals surface area (Å²) in [6, 6.07) is 0. The Bertz CT molecular complexity index is 160. The van der Waals surface area contributed by atoms with Crippen LogP contribution in [0.15, 0.2) is 16.8 Å². The first-order valence-corrected chi connectivity index (χ1v) is 2.74. The first kappa shape index (κ1) is 6.13. The largest absolute Gasteiger partial charge is 0.471 e. The van der Waals surface area contributed by atoms with E-state index in [1.54, 1.807) is 0 Å². The lowest BCUT2D eigenvalue weighted by Gasteiger charge is -1.92. The Morgan fingerprint density at radius 2 is 2.56 bits per heavy atom. The summed E-state index contributed by atoms with van der Waals surface area (Å²) in [4.78, 5) is 4.49. The van der Waals surface area contributed by atoms with Crippen molar-refractivity contribution in [3.05, 3.63) is 11.6 Å². The molecule has 0 saturated carbocycles. The molecule has 1 aliphatic heterocycles. The SMILES string of the molecule is CO/N=C1/C=C(C)CO1. The zero-order chi connectivity index (χ0) is 6.69. The van der Waals surface area contributed by atoms with Gasteiger partial charge in [0.1, 0.15) is 13.7 Å². The number of nitrogens with zero attached hydrogens (tertiary/aromatic N) is 1. The van der Waals surface area contributed by atoms with Crippen molar-refractivity contribution < 1.29 is 9.57 Å². The highest BCUT2D eigenvalue weighted by Gasteiger charge is 2.06. The van der Waals surface area contributed by atoms with E-state index in [1.807, 2.05) is 13.0 Å². The van der Waals surface area contributed by atoms with Gasteiger partial charge in [-0.3, -0.25) is 0 Å². The van der Waals surface area contributed by atoms with Gasteiger partial charge in [0.15, 0.2) is 0 Å². The smallest absolute Gasteiger partial charge is 0.250 e. The number of rotatable bonds is 1. The summed E-state index contributed by atoms with van der Waals surface area (Å²) < 4.78 is 5.04. The molecule has 0 N–H and O–H groups in total. The van der Waals surface area contributed by atoms with Crippen molar-refractivity contribution in [3.8, 4) is 0 Å². The fourth-order valence-corrected chi connectivity index (χ4v) is 0.625. The molecule has 0 unspecified atom stereocenters. The Balaban J connectivity index is 2.57. The zero-order valence-corrected chi connectivity index (χ0v) is 5.55. The van der Waals surface area contributed by atoms with Crippen LogP contribution in [0.3, 0.4) is 0 Å². The van der Waals surface area contributed by atoms with Gasteiger partial charge < -0.3 is 9.57 Å². The molecule has 0 atom stereocenters. The molecule has 0 saturated heterocycles. The summed E-state index contributed by atoms with van der Waals surface area (Å²) in [6.07, 6.45) is 1.85. The lowest BCUT2D eigenvalue weighted by Crippen LogP contribution is -1.93. The van der Waals surface area contributed by atoms with Crippen LogP contribution < -0.4 is 0 Å². The lowest BCUT2D eigenvalue weighted by molar-refractivity contribution is 0.198. The third-order valence-corrected chi connectivity index (χ3v) is 0.999. The van der Waals surface area contributed by atoms with Gasteiger partial charge in [0.2, 0.25) is 0 Å². The molecule has 0 amide bonds. The summed E-state index contributed by atoms with van der Waals surface area (Å²) in [5.41, 5.74) is 1.17. The van der Waals surface area contributed by atoms with E-state index in [2.05, 4.69) is 9.99 Å². The Labute approximate surface area is 53.9 Å². The first-order chi connectivity index (χ1) is 4.33. The number of ether oxygens (including phenoxy) is 1. The van der Waals surface area contributed by atoms with Gasteiger partial charge in [0.05, 0.1) is 0 Å². The van der Waals surface area contributed by atoms with Crippen molar-refractivity contribution in [2.45, 2.75) is 6.92 Å². The van der Waals surface area contributed by atoms with E-state index in [0.717, 1.165) is 0 Å². The topological polar surface area (TPSA) is 30.8 Å². The molecule has 0 fully saturated rings. The van der Waals surface area contributed by atoms with Crippen LogP contribution in [0.4, 0.5) is 0 Å². The Kier molecular flexibility index (Phi) is 1.72. The second-order valence-electron chi connectivity index (χ2n) is 1.89. The van der Waals surface area contributed by atoms with E-state index in [-0.39, 0.29) is 0 Å². The van der Waals surface area contributed by atoms with Crippen LogP contribution in [0, 0.1) is 0 Å². The van der Waals surface area contributed by atoms with Gasteiger partial charge in [-0.2, -0.15) is 0 Å². The Morgan fingerprint density at radius 3 is 3.00 bits per heavy atom. The second kappa shape index (κ2) is 2.53. The molecular formula is C6H9NO2. The molecule has 0 radical (unpaired) electrons. The highest BCUT2D eigenvalue weighted by atomic mass is 16.6. The summed E-state index contributed by atoms with van der Waals surface area (Å²) in [7, 11) is 1.50. The van der Waals surface area contributed by atoms with Crippen LogP contribution >= 0.6 is 0 Å². The van der Waals surface area contributed by atoms with Crippen molar-refractivity contribution in [2.24, 2.45) is 5.16 Å². The zero-order valence-electron chi connectivity index (χ0n) is 5.55. The van der Waals surface area contributed by atoms with Crippen LogP contribution in [0.5, 0.6) is 0 Å². The van der Waals surface area contributed by atoms with Gasteiger partial charge >= 0.3 is 0 Å². The van der Waals surface area contributed by atoms with Crippen LogP contribution in [0.25, 0.3) is 0 Å². The molecule has 1 aliphatic rings. The van der Waals surface area contributed by atoms with Gasteiger partial charge in [0.25, 0.3) is 5.90 Å². The molecular weight excluding hydrogens is 118 g/mol. The van der Waals surface area contributed by atoms with Gasteiger partial charge in [-0.15, -0.1) is 0 Å². The Morgan fingerprint density at radius 1 is 1.78 bits per heavy atom. The van der Waals surface area contributed by atoms with E-state index in [9.17, 15) is 0 Å². The number of hydrogen-bond donors (Lipinski definition) is 0. The fourth-order valence-electron chi connectivity index (χ4n) is 0.625. The Hall–Kier alpha value is -0.990. The molecule has 0 bridgehead atoms. The maximum atomic E-state index is 5.04. The third-order valence-electron chi connectivity index (χ3n) is 0.999. The van der Waals surface area contributed by atoms with E-state index >= 15 is 0 Å². The lowest BCUT2D eigenvalue weighted by atomic mass is 10.3. The molecule has 0 aliphatic carbocycles. The molecule has 0 aromatic heterocycles. The maximum absolute atomic E-state index is 5.04. The minimum Gasteiger partial charge on any atom is -0.471 e. The third kappa shape index (κ3) is 1.45. The first-order valence-electron chi connectivity index (χ1n) is 2.74. The number of oxime groups is 1. The minimum atomic E-state index is 0.565. The monoisotopic (exact) mass is 127 g/mol. The van der Waals surface area contributed by atoms with Gasteiger partial charge in [-0.25, -0.2) is 0 Å². The predicted molar refractivity (Wildman–Crippen MR) is 34.2 cm³/mol. The van der Waals surface area contributed by atoms with Crippen LogP contribution in [-0.2, 0) is 9.57 Å². The highest BCUT2D eigenvalue weighted by Crippen LogP contribution is 2.04. The van der Waals surface area contributed by atoms with E-state index < -0.39 is 0 Å². The van der Waals surface area contributed by atoms with Gasteiger partial charge in [-0.05, 0) is 17.7 Å². The molecule has 1 rings (SSSR count). The molecule has 3 heteroatoms. The molecule has 0 aromatic rings. The average molecular weight is 127 g/mol.